The third-order valence-electron chi connectivity index (χ3n) is 7.58. The van der Waals surface area contributed by atoms with Crippen LogP contribution in [0.3, 0.4) is 0 Å². The Bertz CT molecular complexity index is 1150. The van der Waals surface area contributed by atoms with Crippen molar-refractivity contribution in [2.75, 3.05) is 10.6 Å². The minimum absolute atomic E-state index is 0.113. The van der Waals surface area contributed by atoms with Gasteiger partial charge in [0.05, 0.1) is 0 Å². The number of rotatable bonds is 7. The van der Waals surface area contributed by atoms with Crippen molar-refractivity contribution in [3.8, 4) is 0 Å². The zero-order valence-corrected chi connectivity index (χ0v) is 19.3. The molecule has 0 saturated heterocycles. The number of carbonyl (C=O) groups is 2. The lowest BCUT2D eigenvalue weighted by atomic mass is 9.60. The normalized spacial score (nSPS) is 21.8. The monoisotopic (exact) mass is 443 g/mol. The van der Waals surface area contributed by atoms with Crippen LogP contribution in [0.15, 0.2) is 54.6 Å². The first-order valence-corrected chi connectivity index (χ1v) is 12.4. The average molecular weight is 444 g/mol. The fraction of sp³-hybridized carbons (Fsp3) is 0.429. The van der Waals surface area contributed by atoms with Crippen molar-refractivity contribution >= 4 is 34.1 Å². The van der Waals surface area contributed by atoms with Crippen LogP contribution in [-0.4, -0.2) is 16.4 Å². The molecule has 2 amide bonds. The predicted octanol–water partition coefficient (Wildman–Crippen LogP) is 6.46. The van der Waals surface area contributed by atoms with Gasteiger partial charge in [0.25, 0.3) is 5.91 Å². The Kier molecular flexibility index (Phi) is 6.21. The summed E-state index contributed by atoms with van der Waals surface area (Å²) in [4.78, 5) is 25.8. The topological polar surface area (TPSA) is 63.1 Å². The van der Waals surface area contributed by atoms with Gasteiger partial charge < -0.3 is 15.2 Å². The maximum absolute atomic E-state index is 13.0. The second-order valence-electron chi connectivity index (χ2n) is 9.72. The van der Waals surface area contributed by atoms with Crippen LogP contribution in [0.5, 0.6) is 0 Å². The summed E-state index contributed by atoms with van der Waals surface area (Å²) in [5, 5.41) is 7.08. The summed E-state index contributed by atoms with van der Waals surface area (Å²) in [7, 11) is 0. The molecular weight excluding hydrogens is 410 g/mol. The quantitative estimate of drug-likeness (QED) is 0.440. The maximum atomic E-state index is 13.0. The molecule has 1 heterocycles. The third-order valence-corrected chi connectivity index (χ3v) is 7.58. The van der Waals surface area contributed by atoms with Crippen molar-refractivity contribution in [1.29, 1.82) is 0 Å². The summed E-state index contributed by atoms with van der Waals surface area (Å²) in [6, 6.07) is 17.4. The Hall–Kier alpha value is -3.08. The fourth-order valence-electron chi connectivity index (χ4n) is 5.85. The van der Waals surface area contributed by atoms with Crippen molar-refractivity contribution in [2.45, 2.75) is 58.4 Å². The van der Waals surface area contributed by atoms with E-state index in [2.05, 4.69) is 22.1 Å². The van der Waals surface area contributed by atoms with Gasteiger partial charge >= 0.3 is 0 Å². The van der Waals surface area contributed by atoms with Gasteiger partial charge in [-0.05, 0) is 79.8 Å². The Balaban J connectivity index is 1.32. The molecule has 1 aromatic heterocycles. The molecule has 0 bridgehead atoms. The van der Waals surface area contributed by atoms with Gasteiger partial charge in [-0.1, -0.05) is 38.0 Å². The molecule has 5 heteroatoms. The minimum atomic E-state index is -0.121. The lowest BCUT2D eigenvalue weighted by molar-refractivity contribution is -0.118. The van der Waals surface area contributed by atoms with E-state index in [-0.39, 0.29) is 11.8 Å². The number of benzene rings is 2. The van der Waals surface area contributed by atoms with E-state index in [0.29, 0.717) is 18.0 Å². The molecule has 2 fully saturated rings. The van der Waals surface area contributed by atoms with E-state index in [4.69, 9.17) is 0 Å². The lowest BCUT2D eigenvalue weighted by Crippen LogP contribution is -2.37. The molecule has 172 valence electrons. The Morgan fingerprint density at radius 1 is 0.939 bits per heavy atom. The molecule has 2 aliphatic rings. The van der Waals surface area contributed by atoms with Gasteiger partial charge in [0.2, 0.25) is 5.91 Å². The molecule has 2 saturated carbocycles. The van der Waals surface area contributed by atoms with Crippen molar-refractivity contribution < 1.29 is 9.59 Å². The van der Waals surface area contributed by atoms with Crippen LogP contribution < -0.4 is 10.6 Å². The van der Waals surface area contributed by atoms with Gasteiger partial charge in [-0.25, -0.2) is 0 Å². The Morgan fingerprint density at radius 2 is 1.79 bits per heavy atom. The first kappa shape index (κ1) is 21.7. The summed E-state index contributed by atoms with van der Waals surface area (Å²) in [6.45, 7) is 2.87. The highest BCUT2D eigenvalue weighted by Crippen LogP contribution is 2.49. The minimum Gasteiger partial charge on any atom is -0.336 e. The van der Waals surface area contributed by atoms with E-state index in [9.17, 15) is 9.59 Å². The van der Waals surface area contributed by atoms with E-state index < -0.39 is 0 Å². The van der Waals surface area contributed by atoms with Gasteiger partial charge in [0, 0.05) is 35.2 Å². The molecule has 0 spiro atoms. The number of aryl methyl sites for hydroxylation is 1. The summed E-state index contributed by atoms with van der Waals surface area (Å²) in [5.41, 5.74) is 3.23. The van der Waals surface area contributed by atoms with Crippen LogP contribution in [0.1, 0.15) is 62.4 Å². The summed E-state index contributed by atoms with van der Waals surface area (Å²) in [6.07, 6.45) is 8.02. The number of para-hydroxylation sites is 1. The average Bonchev–Trinajstić information content (AvgIpc) is 3.14. The van der Waals surface area contributed by atoms with Crippen molar-refractivity contribution in [3.63, 3.8) is 0 Å². The van der Waals surface area contributed by atoms with Crippen LogP contribution in [0, 0.1) is 17.8 Å². The van der Waals surface area contributed by atoms with E-state index in [1.165, 1.54) is 32.1 Å². The second kappa shape index (κ2) is 9.42. The Labute approximate surface area is 195 Å². The zero-order chi connectivity index (χ0) is 22.8. The highest BCUT2D eigenvalue weighted by atomic mass is 16.2. The number of nitrogens with zero attached hydrogens (tertiary/aromatic N) is 1. The molecule has 33 heavy (non-hydrogen) atoms. The molecule has 5 rings (SSSR count). The van der Waals surface area contributed by atoms with Crippen LogP contribution in [-0.2, 0) is 11.3 Å². The number of hydrogen-bond acceptors (Lipinski definition) is 2. The number of fused-ring (bicyclic) bond motifs is 2. The van der Waals surface area contributed by atoms with Crippen LogP contribution in [0.2, 0.25) is 0 Å². The fourth-order valence-corrected chi connectivity index (χ4v) is 5.85. The zero-order valence-electron chi connectivity index (χ0n) is 19.3. The number of anilines is 2. The maximum Gasteiger partial charge on any atom is 0.272 e. The van der Waals surface area contributed by atoms with Crippen LogP contribution >= 0.6 is 0 Å². The van der Waals surface area contributed by atoms with Gasteiger partial charge in [-0.2, -0.15) is 0 Å². The summed E-state index contributed by atoms with van der Waals surface area (Å²) in [5.74, 6) is 2.17. The first-order chi connectivity index (χ1) is 16.1. The molecule has 3 atom stereocenters. The third kappa shape index (κ3) is 4.54. The lowest BCUT2D eigenvalue weighted by Gasteiger charge is -2.46. The second-order valence-corrected chi connectivity index (χ2v) is 9.72. The first-order valence-electron chi connectivity index (χ1n) is 12.4. The number of hydrogen-bond donors (Lipinski definition) is 2. The summed E-state index contributed by atoms with van der Waals surface area (Å²) < 4.78 is 2.07. The number of aromatic nitrogens is 1. The highest BCUT2D eigenvalue weighted by Gasteiger charge is 2.39. The van der Waals surface area contributed by atoms with Crippen molar-refractivity contribution in [1.82, 2.24) is 4.57 Å². The van der Waals surface area contributed by atoms with E-state index in [1.807, 2.05) is 54.6 Å². The molecule has 2 aromatic carbocycles. The Morgan fingerprint density at radius 3 is 2.55 bits per heavy atom. The van der Waals surface area contributed by atoms with Crippen molar-refractivity contribution in [2.24, 2.45) is 17.8 Å². The molecule has 0 radical (unpaired) electrons. The molecule has 3 aromatic rings. The SMILES string of the molecule is CCCn1c(C(=O)Nc2ccccc2)cc2cc(NC(=O)CC3CCCC4CCC43)ccc21. The van der Waals surface area contributed by atoms with Gasteiger partial charge in [0.1, 0.15) is 5.69 Å². The van der Waals surface area contributed by atoms with Gasteiger partial charge in [-0.3, -0.25) is 9.59 Å². The standard InChI is InChI=1S/C28H33N3O2/c1-2-15-31-25-14-12-23(29-27(32)18-20-8-6-7-19-11-13-24(19)20)16-21(25)17-26(31)28(33)30-22-9-4-3-5-10-22/h3-5,9-10,12,14,16-17,19-20,24H,2,6-8,11,13,15,18H2,1H3,(H,29,32)(H,30,33). The number of amides is 2. The molecule has 3 unspecified atom stereocenters. The van der Waals surface area contributed by atoms with E-state index >= 15 is 0 Å². The molecular formula is C28H33N3O2. The number of carbonyl (C=O) groups excluding carboxylic acids is 2. The smallest absolute Gasteiger partial charge is 0.272 e. The van der Waals surface area contributed by atoms with E-state index in [0.717, 1.165) is 47.1 Å². The molecule has 5 nitrogen and oxygen atoms in total. The predicted molar refractivity (Wildman–Crippen MR) is 133 cm³/mol. The van der Waals surface area contributed by atoms with Gasteiger partial charge in [-0.15, -0.1) is 0 Å². The van der Waals surface area contributed by atoms with Crippen LogP contribution in [0.25, 0.3) is 10.9 Å². The van der Waals surface area contributed by atoms with E-state index in [1.54, 1.807) is 0 Å². The van der Waals surface area contributed by atoms with Crippen LogP contribution in [0.4, 0.5) is 11.4 Å². The molecule has 2 N–H and O–H groups in total. The largest absolute Gasteiger partial charge is 0.336 e. The van der Waals surface area contributed by atoms with Gasteiger partial charge in [0.15, 0.2) is 0 Å². The molecule has 0 aliphatic heterocycles. The summed E-state index contributed by atoms with van der Waals surface area (Å²) >= 11 is 0. The highest BCUT2D eigenvalue weighted by molar-refractivity contribution is 6.07. The van der Waals surface area contributed by atoms with Crippen molar-refractivity contribution in [3.05, 3.63) is 60.3 Å². The number of nitrogens with one attached hydrogen (secondary N) is 2. The molecule has 2 aliphatic carbocycles.